The molecule has 0 radical (unpaired) electrons. The van der Waals surface area contributed by atoms with Crippen molar-refractivity contribution >= 4 is 22.0 Å². The molecule has 0 aliphatic rings. The summed E-state index contributed by atoms with van der Waals surface area (Å²) in [6, 6.07) is 8.41. The summed E-state index contributed by atoms with van der Waals surface area (Å²) in [5.74, 6) is 0. The van der Waals surface area contributed by atoms with Crippen LogP contribution < -0.4 is 5.32 Å². The summed E-state index contributed by atoms with van der Waals surface area (Å²) in [6.45, 7) is 6.49. The molecule has 2 heteroatoms. The maximum Gasteiger partial charge on any atom is 0.0181 e. The van der Waals surface area contributed by atoms with E-state index in [-0.39, 0.29) is 0 Å². The Morgan fingerprint density at radius 3 is 2.81 bits per heavy atom. The molecule has 1 N–H and O–H groups in total. The summed E-state index contributed by atoms with van der Waals surface area (Å²) >= 11 is 3.49. The number of nitrogens with one attached hydrogen (secondary N) is 1. The highest BCUT2D eigenvalue weighted by Crippen LogP contribution is 2.15. The third-order valence-electron chi connectivity index (χ3n) is 2.45. The van der Waals surface area contributed by atoms with Gasteiger partial charge in [-0.25, -0.2) is 0 Å². The van der Waals surface area contributed by atoms with Gasteiger partial charge in [-0.15, -0.1) is 0 Å². The zero-order chi connectivity index (χ0) is 11.8. The Hall–Kier alpha value is -0.600. The van der Waals surface area contributed by atoms with Gasteiger partial charge in [-0.1, -0.05) is 53.6 Å². The summed E-state index contributed by atoms with van der Waals surface area (Å²) < 4.78 is 1.14. The van der Waals surface area contributed by atoms with E-state index in [0.29, 0.717) is 0 Å². The summed E-state index contributed by atoms with van der Waals surface area (Å²) in [5, 5.41) is 3.44. The molecule has 0 amide bonds. The highest BCUT2D eigenvalue weighted by atomic mass is 79.9. The summed E-state index contributed by atoms with van der Waals surface area (Å²) in [7, 11) is 0. The Morgan fingerprint density at radius 1 is 1.38 bits per heavy atom. The molecule has 0 saturated carbocycles. The molecule has 0 aromatic heterocycles. The number of benzene rings is 1. The van der Waals surface area contributed by atoms with Gasteiger partial charge in [-0.3, -0.25) is 0 Å². The van der Waals surface area contributed by atoms with Crippen molar-refractivity contribution in [1.29, 1.82) is 0 Å². The van der Waals surface area contributed by atoms with Crippen molar-refractivity contribution in [3.63, 3.8) is 0 Å². The molecule has 0 saturated heterocycles. The first kappa shape index (κ1) is 13.5. The zero-order valence-electron chi connectivity index (χ0n) is 10.1. The maximum absolute atomic E-state index is 3.49. The fourth-order valence-electron chi connectivity index (χ4n) is 1.54. The lowest BCUT2D eigenvalue weighted by atomic mass is 10.1. The predicted octanol–water partition coefficient (Wildman–Crippen LogP) is 4.24. The molecule has 0 aliphatic carbocycles. The van der Waals surface area contributed by atoms with E-state index in [1.54, 1.807) is 0 Å². The second kappa shape index (κ2) is 7.64. The molecular weight excluding hydrogens is 262 g/mol. The van der Waals surface area contributed by atoms with Crippen LogP contribution in [-0.4, -0.2) is 13.1 Å². The lowest BCUT2D eigenvalue weighted by Crippen LogP contribution is -2.17. The van der Waals surface area contributed by atoms with Gasteiger partial charge in [0.2, 0.25) is 0 Å². The van der Waals surface area contributed by atoms with E-state index in [4.69, 9.17) is 0 Å². The summed E-state index contributed by atoms with van der Waals surface area (Å²) in [5.41, 5.74) is 2.72. The maximum atomic E-state index is 3.49. The standard InChI is InChI=1S/C14H20BrN/c1-3-8-16-11-12(4-2)9-13-6-5-7-14(15)10-13/h5-7,9-10,16H,3-4,8,11H2,1-2H3. The van der Waals surface area contributed by atoms with Crippen LogP contribution in [0.1, 0.15) is 32.3 Å². The average Bonchev–Trinajstić information content (AvgIpc) is 2.28. The minimum absolute atomic E-state index is 0.997. The van der Waals surface area contributed by atoms with Gasteiger partial charge in [0, 0.05) is 11.0 Å². The van der Waals surface area contributed by atoms with Gasteiger partial charge in [0.15, 0.2) is 0 Å². The highest BCUT2D eigenvalue weighted by molar-refractivity contribution is 9.10. The van der Waals surface area contributed by atoms with Crippen molar-refractivity contribution < 1.29 is 0 Å². The van der Waals surface area contributed by atoms with Crippen molar-refractivity contribution in [1.82, 2.24) is 5.32 Å². The molecule has 1 rings (SSSR count). The number of rotatable bonds is 6. The molecule has 0 fully saturated rings. The molecule has 0 aliphatic heterocycles. The van der Waals surface area contributed by atoms with Crippen LogP contribution in [0.25, 0.3) is 6.08 Å². The molecular formula is C14H20BrN. The molecule has 88 valence electrons. The van der Waals surface area contributed by atoms with Crippen LogP contribution in [0.5, 0.6) is 0 Å². The van der Waals surface area contributed by atoms with E-state index in [1.165, 1.54) is 17.6 Å². The molecule has 16 heavy (non-hydrogen) atoms. The Morgan fingerprint density at radius 2 is 2.19 bits per heavy atom. The highest BCUT2D eigenvalue weighted by Gasteiger charge is 1.95. The molecule has 0 bridgehead atoms. The molecule has 1 aromatic carbocycles. The van der Waals surface area contributed by atoms with Crippen LogP contribution >= 0.6 is 15.9 Å². The predicted molar refractivity (Wildman–Crippen MR) is 75.6 cm³/mol. The van der Waals surface area contributed by atoms with Crippen LogP contribution in [-0.2, 0) is 0 Å². The topological polar surface area (TPSA) is 12.0 Å². The third-order valence-corrected chi connectivity index (χ3v) is 2.95. The van der Waals surface area contributed by atoms with Crippen molar-refractivity contribution in [2.24, 2.45) is 0 Å². The second-order valence-electron chi connectivity index (χ2n) is 3.89. The van der Waals surface area contributed by atoms with Gasteiger partial charge < -0.3 is 5.32 Å². The fraction of sp³-hybridized carbons (Fsp3) is 0.429. The van der Waals surface area contributed by atoms with Crippen LogP contribution in [0.3, 0.4) is 0 Å². The smallest absolute Gasteiger partial charge is 0.0181 e. The average molecular weight is 282 g/mol. The van der Waals surface area contributed by atoms with E-state index in [2.05, 4.69) is 65.4 Å². The van der Waals surface area contributed by atoms with Gasteiger partial charge in [-0.2, -0.15) is 0 Å². The van der Waals surface area contributed by atoms with E-state index in [9.17, 15) is 0 Å². The largest absolute Gasteiger partial charge is 0.313 e. The number of hydrogen-bond donors (Lipinski definition) is 1. The van der Waals surface area contributed by atoms with E-state index < -0.39 is 0 Å². The Kier molecular flexibility index (Phi) is 6.43. The second-order valence-corrected chi connectivity index (χ2v) is 4.80. The van der Waals surface area contributed by atoms with Gasteiger partial charge in [0.05, 0.1) is 0 Å². The first-order valence-corrected chi connectivity index (χ1v) is 6.71. The zero-order valence-corrected chi connectivity index (χ0v) is 11.7. The van der Waals surface area contributed by atoms with Crippen molar-refractivity contribution in [2.75, 3.05) is 13.1 Å². The van der Waals surface area contributed by atoms with E-state index in [1.807, 2.05) is 0 Å². The molecule has 0 unspecified atom stereocenters. The summed E-state index contributed by atoms with van der Waals surface area (Å²) in [6.07, 6.45) is 4.56. The first-order chi connectivity index (χ1) is 7.76. The minimum Gasteiger partial charge on any atom is -0.313 e. The Labute approximate surface area is 107 Å². The molecule has 0 atom stereocenters. The SMILES string of the molecule is CCCNCC(=Cc1cccc(Br)c1)CC. The summed E-state index contributed by atoms with van der Waals surface area (Å²) in [4.78, 5) is 0. The van der Waals surface area contributed by atoms with Crippen LogP contribution in [0.2, 0.25) is 0 Å². The quantitative estimate of drug-likeness (QED) is 0.769. The lowest BCUT2D eigenvalue weighted by molar-refractivity contribution is 0.706. The van der Waals surface area contributed by atoms with Gasteiger partial charge in [0.1, 0.15) is 0 Å². The van der Waals surface area contributed by atoms with Gasteiger partial charge >= 0.3 is 0 Å². The Balaban J connectivity index is 2.64. The minimum atomic E-state index is 0.997. The van der Waals surface area contributed by atoms with Crippen molar-refractivity contribution in [2.45, 2.75) is 26.7 Å². The van der Waals surface area contributed by atoms with Crippen molar-refractivity contribution in [3.05, 3.63) is 39.9 Å². The molecule has 1 nitrogen and oxygen atoms in total. The normalized spacial score (nSPS) is 11.8. The first-order valence-electron chi connectivity index (χ1n) is 5.92. The monoisotopic (exact) mass is 281 g/mol. The van der Waals surface area contributed by atoms with E-state index in [0.717, 1.165) is 24.0 Å². The number of hydrogen-bond acceptors (Lipinski definition) is 1. The van der Waals surface area contributed by atoms with E-state index >= 15 is 0 Å². The van der Waals surface area contributed by atoms with Crippen LogP contribution in [0, 0.1) is 0 Å². The molecule has 0 spiro atoms. The van der Waals surface area contributed by atoms with Crippen molar-refractivity contribution in [3.8, 4) is 0 Å². The molecule has 1 aromatic rings. The van der Waals surface area contributed by atoms with Crippen LogP contribution in [0.15, 0.2) is 34.3 Å². The van der Waals surface area contributed by atoms with Crippen LogP contribution in [0.4, 0.5) is 0 Å². The lowest BCUT2D eigenvalue weighted by Gasteiger charge is -2.06. The third kappa shape index (κ3) is 4.95. The van der Waals surface area contributed by atoms with Gasteiger partial charge in [0.25, 0.3) is 0 Å². The Bertz CT molecular complexity index is 344. The molecule has 0 heterocycles. The number of halogens is 1. The van der Waals surface area contributed by atoms with Gasteiger partial charge in [-0.05, 0) is 37.1 Å². The fourth-order valence-corrected chi connectivity index (χ4v) is 1.95.